The van der Waals surface area contributed by atoms with Crippen LogP contribution in [0.5, 0.6) is 0 Å². The third kappa shape index (κ3) is 9.10. The highest BCUT2D eigenvalue weighted by molar-refractivity contribution is 7.39. The summed E-state index contributed by atoms with van der Waals surface area (Å²) < 4.78 is 26.7. The van der Waals surface area contributed by atoms with Gasteiger partial charge in [-0.05, 0) is 11.1 Å². The first-order chi connectivity index (χ1) is 8.26. The number of hydrogen-bond donors (Lipinski definition) is 0. The molecule has 104 valence electrons. The van der Waals surface area contributed by atoms with Gasteiger partial charge in [0, 0.05) is 0 Å². The maximum Gasteiger partial charge on any atom is 0.511 e. The lowest BCUT2D eigenvalue weighted by molar-refractivity contribution is -0.870. The highest BCUT2D eigenvalue weighted by atomic mass is 31.1. The number of hydrogen-bond acceptors (Lipinski definition) is 5. The molecule has 7 heteroatoms. The van der Waals surface area contributed by atoms with Gasteiger partial charge in [-0.2, -0.15) is 0 Å². The van der Waals surface area contributed by atoms with Gasteiger partial charge in [-0.3, -0.25) is 0 Å². The molecule has 0 heterocycles. The van der Waals surface area contributed by atoms with E-state index in [1.54, 1.807) is 0 Å². The summed E-state index contributed by atoms with van der Waals surface area (Å²) in [7, 11) is 5.60. The van der Waals surface area contributed by atoms with E-state index in [0.717, 1.165) is 11.0 Å². The van der Waals surface area contributed by atoms with Crippen LogP contribution in [0.1, 0.15) is 0 Å². The average Bonchev–Trinajstić information content (AvgIpc) is 2.26. The molecule has 0 spiro atoms. The molecule has 0 aromatic carbocycles. The van der Waals surface area contributed by atoms with Crippen LogP contribution >= 0.6 is 8.03 Å². The van der Waals surface area contributed by atoms with Gasteiger partial charge in [0.1, 0.15) is 13.2 Å². The van der Waals surface area contributed by atoms with Crippen molar-refractivity contribution in [2.24, 2.45) is 0 Å². The predicted octanol–water partition coefficient (Wildman–Crippen LogP) is 1.15. The molecule has 0 aliphatic rings. The highest BCUT2D eigenvalue weighted by Gasteiger charge is 2.20. The summed E-state index contributed by atoms with van der Waals surface area (Å²) in [5.41, 5.74) is 0. The van der Waals surface area contributed by atoms with E-state index in [4.69, 9.17) is 9.26 Å². The minimum absolute atomic E-state index is 0.0286. The van der Waals surface area contributed by atoms with Crippen molar-refractivity contribution in [2.45, 2.75) is 0 Å². The Morgan fingerprint density at radius 2 is 1.89 bits per heavy atom. The van der Waals surface area contributed by atoms with Crippen LogP contribution in [0, 0.1) is 0 Å². The lowest BCUT2D eigenvalue weighted by Crippen LogP contribution is -2.37. The molecule has 0 fully saturated rings. The van der Waals surface area contributed by atoms with Crippen LogP contribution in [0.25, 0.3) is 0 Å². The van der Waals surface area contributed by atoms with E-state index >= 15 is 0 Å². The monoisotopic (exact) mass is 279 g/mol. The van der Waals surface area contributed by atoms with E-state index in [2.05, 4.69) is 11.3 Å². The van der Waals surface area contributed by atoms with Crippen LogP contribution in [0.15, 0.2) is 12.3 Å². The number of methoxy groups -OCH3 is 1. The number of rotatable bonds is 9. The number of nitrogens with zero attached hydrogens (tertiary/aromatic N) is 1. The van der Waals surface area contributed by atoms with Crippen molar-refractivity contribution in [1.29, 1.82) is 0 Å². The summed E-state index contributed by atoms with van der Waals surface area (Å²) in [5.74, 6) is -0.719. The standard InChI is InChI=1S/C11H22NO5P/c1-10(15-5)11(13)16-8-9-18(14)17-7-6-12(2,3)4/h1,6-9H2,2-5H3/q+2. The molecule has 0 saturated carbocycles. The maximum atomic E-state index is 11.4. The third-order valence-corrected chi connectivity index (χ3v) is 3.00. The molecule has 0 radical (unpaired) electrons. The summed E-state index contributed by atoms with van der Waals surface area (Å²) in [5, 5.41) is 0. The molecular weight excluding hydrogens is 257 g/mol. The molecule has 0 bridgehead atoms. The van der Waals surface area contributed by atoms with Gasteiger partial charge in [-0.15, -0.1) is 4.52 Å². The first-order valence-electron chi connectivity index (χ1n) is 5.54. The first kappa shape index (κ1) is 17.0. The molecule has 0 aliphatic carbocycles. The van der Waals surface area contributed by atoms with Crippen molar-refractivity contribution >= 4 is 14.0 Å². The van der Waals surface area contributed by atoms with Crippen molar-refractivity contribution in [1.82, 2.24) is 0 Å². The van der Waals surface area contributed by atoms with Gasteiger partial charge in [0.05, 0.1) is 28.3 Å². The van der Waals surface area contributed by atoms with Crippen molar-refractivity contribution in [3.05, 3.63) is 12.3 Å². The third-order valence-electron chi connectivity index (χ3n) is 1.98. The van der Waals surface area contributed by atoms with Gasteiger partial charge in [-0.1, -0.05) is 0 Å². The SMILES string of the molecule is C=C(OC)C(=O)OCC[P+](=O)OCC[N+](C)(C)C. The molecule has 0 aromatic rings. The maximum absolute atomic E-state index is 11.4. The van der Waals surface area contributed by atoms with E-state index in [1.165, 1.54) is 7.11 Å². The number of esters is 1. The van der Waals surface area contributed by atoms with E-state index in [1.807, 2.05) is 21.1 Å². The van der Waals surface area contributed by atoms with Crippen molar-refractivity contribution in [2.75, 3.05) is 54.2 Å². The Bertz CT molecular complexity index is 311. The second kappa shape index (κ2) is 8.19. The van der Waals surface area contributed by atoms with Gasteiger partial charge >= 0.3 is 14.0 Å². The molecule has 0 saturated heterocycles. The van der Waals surface area contributed by atoms with Crippen LogP contribution in [0.4, 0.5) is 0 Å². The lowest BCUT2D eigenvalue weighted by atomic mass is 10.5. The normalized spacial score (nSPS) is 11.9. The van der Waals surface area contributed by atoms with Crippen LogP contribution in [0.3, 0.4) is 0 Å². The first-order valence-corrected chi connectivity index (χ1v) is 6.90. The molecule has 0 amide bonds. The van der Waals surface area contributed by atoms with Crippen molar-refractivity contribution in [3.63, 3.8) is 0 Å². The Morgan fingerprint density at radius 1 is 1.28 bits per heavy atom. The summed E-state index contributed by atoms with van der Waals surface area (Å²) in [6.45, 7) is 4.55. The fraction of sp³-hybridized carbons (Fsp3) is 0.727. The summed E-state index contributed by atoms with van der Waals surface area (Å²) in [4.78, 5) is 11.1. The van der Waals surface area contributed by atoms with Crippen molar-refractivity contribution < 1.29 is 27.8 Å². The Balaban J connectivity index is 3.66. The fourth-order valence-electron chi connectivity index (χ4n) is 0.858. The highest BCUT2D eigenvalue weighted by Crippen LogP contribution is 2.21. The second-order valence-corrected chi connectivity index (χ2v) is 6.04. The zero-order chi connectivity index (χ0) is 14.2. The number of likely N-dealkylation sites (N-methyl/N-ethyl adjacent to an activating group) is 1. The molecule has 18 heavy (non-hydrogen) atoms. The zero-order valence-electron chi connectivity index (χ0n) is 11.5. The van der Waals surface area contributed by atoms with Crippen LogP contribution in [-0.4, -0.2) is 64.6 Å². The lowest BCUT2D eigenvalue weighted by Gasteiger charge is -2.21. The number of carbonyl (C=O) groups is 1. The topological polar surface area (TPSA) is 61.8 Å². The zero-order valence-corrected chi connectivity index (χ0v) is 12.4. The molecule has 0 N–H and O–H groups in total. The van der Waals surface area contributed by atoms with Gasteiger partial charge in [0.25, 0.3) is 0 Å². The number of carbonyl (C=O) groups excluding carboxylic acids is 1. The Kier molecular flexibility index (Phi) is 7.75. The Morgan fingerprint density at radius 3 is 2.39 bits per heavy atom. The molecular formula is C11H22NO5P+2. The minimum atomic E-state index is -1.80. The molecule has 1 atom stereocenters. The van der Waals surface area contributed by atoms with Crippen LogP contribution in [0.2, 0.25) is 0 Å². The Labute approximate surface area is 109 Å². The van der Waals surface area contributed by atoms with E-state index in [-0.39, 0.29) is 18.5 Å². The van der Waals surface area contributed by atoms with E-state index < -0.39 is 14.0 Å². The Hall–Kier alpha value is -0.970. The molecule has 0 rings (SSSR count). The number of ether oxygens (including phenoxy) is 2. The fourth-order valence-corrected chi connectivity index (χ4v) is 1.51. The smallest absolute Gasteiger partial charge is 0.490 e. The van der Waals surface area contributed by atoms with Gasteiger partial charge in [0.2, 0.25) is 6.16 Å². The second-order valence-electron chi connectivity index (χ2n) is 4.67. The van der Waals surface area contributed by atoms with Gasteiger partial charge in [-0.25, -0.2) is 4.79 Å². The van der Waals surface area contributed by atoms with Gasteiger partial charge in [0.15, 0.2) is 12.4 Å². The van der Waals surface area contributed by atoms with Crippen LogP contribution < -0.4 is 0 Å². The quantitative estimate of drug-likeness (QED) is 0.208. The molecule has 0 aromatic heterocycles. The summed E-state index contributed by atoms with van der Waals surface area (Å²) in [6.07, 6.45) is 0.176. The van der Waals surface area contributed by atoms with E-state index in [0.29, 0.717) is 6.61 Å². The van der Waals surface area contributed by atoms with E-state index in [9.17, 15) is 9.36 Å². The largest absolute Gasteiger partial charge is 0.511 e. The molecule has 6 nitrogen and oxygen atoms in total. The van der Waals surface area contributed by atoms with Gasteiger partial charge < -0.3 is 14.0 Å². The number of quaternary nitrogens is 1. The van der Waals surface area contributed by atoms with Crippen LogP contribution in [-0.2, 0) is 23.4 Å². The summed E-state index contributed by atoms with van der Waals surface area (Å²) in [6, 6.07) is 0. The predicted molar refractivity (Wildman–Crippen MR) is 68.4 cm³/mol. The van der Waals surface area contributed by atoms with Crippen molar-refractivity contribution in [3.8, 4) is 0 Å². The average molecular weight is 279 g/mol. The minimum Gasteiger partial charge on any atom is -0.490 e. The molecule has 0 aliphatic heterocycles. The summed E-state index contributed by atoms with van der Waals surface area (Å²) >= 11 is 0. The molecule has 1 unspecified atom stereocenters.